The highest BCUT2D eigenvalue weighted by molar-refractivity contribution is 7.22. The van der Waals surface area contributed by atoms with Gasteiger partial charge in [0.2, 0.25) is 0 Å². The second-order valence-corrected chi connectivity index (χ2v) is 8.47. The number of aryl methyl sites for hydroxylation is 1. The summed E-state index contributed by atoms with van der Waals surface area (Å²) in [4.78, 5) is 9.42. The Morgan fingerprint density at radius 1 is 1.00 bits per heavy atom. The Labute approximate surface area is 166 Å². The van der Waals surface area contributed by atoms with E-state index in [1.807, 2.05) is 18.2 Å². The maximum absolute atomic E-state index is 8.26. The number of pyridine rings is 1. The van der Waals surface area contributed by atoms with Crippen LogP contribution in [0.25, 0.3) is 32.4 Å². The molecule has 0 saturated heterocycles. The molecule has 0 aliphatic heterocycles. The first kappa shape index (κ1) is 17.1. The Balaban J connectivity index is 1.84. The molecule has 0 atom stereocenters. The number of benzene rings is 2. The Kier molecular flexibility index (Phi) is 3.84. The molecule has 0 radical (unpaired) electrons. The van der Waals surface area contributed by atoms with Crippen molar-refractivity contribution in [2.75, 3.05) is 11.5 Å². The molecule has 2 aromatic heterocycles. The summed E-state index contributed by atoms with van der Waals surface area (Å²) in [5.74, 6) is 0. The van der Waals surface area contributed by atoms with Crippen molar-refractivity contribution in [3.05, 3.63) is 47.0 Å². The number of hydrogen-bond donors (Lipinski definition) is 3. The molecule has 2 heterocycles. The van der Waals surface area contributed by atoms with Crippen LogP contribution in [-0.4, -0.2) is 15.7 Å². The maximum Gasteiger partial charge on any atom is 0.181 e. The van der Waals surface area contributed by atoms with Crippen molar-refractivity contribution in [3.63, 3.8) is 0 Å². The van der Waals surface area contributed by atoms with E-state index in [0.29, 0.717) is 16.5 Å². The summed E-state index contributed by atoms with van der Waals surface area (Å²) in [5.41, 5.74) is 20.7. The summed E-state index contributed by atoms with van der Waals surface area (Å²) in [6.07, 6.45) is 4.31. The van der Waals surface area contributed by atoms with Crippen LogP contribution in [0.2, 0.25) is 0 Å². The van der Waals surface area contributed by atoms with Gasteiger partial charge in [0.1, 0.15) is 0 Å². The summed E-state index contributed by atoms with van der Waals surface area (Å²) in [7, 11) is 0. The Morgan fingerprint density at radius 2 is 1.75 bits per heavy atom. The molecule has 5 rings (SSSR count). The predicted octanol–water partition coefficient (Wildman–Crippen LogP) is 4.94. The van der Waals surface area contributed by atoms with Crippen LogP contribution in [0.3, 0.4) is 0 Å². The van der Waals surface area contributed by atoms with Crippen molar-refractivity contribution in [1.29, 1.82) is 5.41 Å². The molecule has 0 amide bonds. The minimum absolute atomic E-state index is 0.493. The van der Waals surface area contributed by atoms with E-state index in [2.05, 4.69) is 17.1 Å². The summed E-state index contributed by atoms with van der Waals surface area (Å²) < 4.78 is 1.08. The minimum Gasteiger partial charge on any atom is -0.398 e. The standard InChI is InChI=1S/C22H21N5S/c1-11(23)19-15(24)7-9-17-20(19)13-4-2-3-5-14(13)21(26-17)12-6-8-16-18(10-12)28-22(25)27-16/h6-10,23H,2-5,24H2,1H3,(H2,25,27). The molecule has 0 unspecified atom stereocenters. The molecule has 1 aliphatic carbocycles. The van der Waals surface area contributed by atoms with Crippen LogP contribution in [0.5, 0.6) is 0 Å². The fourth-order valence-electron chi connectivity index (χ4n) is 4.37. The molecule has 0 fully saturated rings. The van der Waals surface area contributed by atoms with E-state index >= 15 is 0 Å². The monoisotopic (exact) mass is 387 g/mol. The fraction of sp³-hybridized carbons (Fsp3) is 0.227. The molecular weight excluding hydrogens is 366 g/mol. The second kappa shape index (κ2) is 6.27. The lowest BCUT2D eigenvalue weighted by Crippen LogP contribution is -2.11. The molecule has 28 heavy (non-hydrogen) atoms. The van der Waals surface area contributed by atoms with Crippen LogP contribution in [0.1, 0.15) is 36.5 Å². The molecular formula is C22H21N5S. The zero-order chi connectivity index (χ0) is 19.4. The van der Waals surface area contributed by atoms with Crippen LogP contribution in [0.4, 0.5) is 10.8 Å². The van der Waals surface area contributed by atoms with E-state index in [4.69, 9.17) is 21.9 Å². The van der Waals surface area contributed by atoms with E-state index in [9.17, 15) is 0 Å². The smallest absolute Gasteiger partial charge is 0.181 e. The molecule has 0 spiro atoms. The van der Waals surface area contributed by atoms with Gasteiger partial charge in [-0.25, -0.2) is 9.97 Å². The number of fused-ring (bicyclic) bond motifs is 4. The average Bonchev–Trinajstić information content (AvgIpc) is 3.06. The fourth-order valence-corrected chi connectivity index (χ4v) is 5.14. The van der Waals surface area contributed by atoms with Gasteiger partial charge in [0.15, 0.2) is 5.13 Å². The van der Waals surface area contributed by atoms with E-state index in [1.54, 1.807) is 6.92 Å². The van der Waals surface area contributed by atoms with Crippen molar-refractivity contribution >= 4 is 49.0 Å². The molecule has 140 valence electrons. The van der Waals surface area contributed by atoms with Crippen LogP contribution in [-0.2, 0) is 12.8 Å². The lowest BCUT2D eigenvalue weighted by molar-refractivity contribution is 0.689. The number of rotatable bonds is 2. The molecule has 0 saturated carbocycles. The lowest BCUT2D eigenvalue weighted by Gasteiger charge is -2.23. The molecule has 0 bridgehead atoms. The van der Waals surface area contributed by atoms with E-state index < -0.39 is 0 Å². The highest BCUT2D eigenvalue weighted by Crippen LogP contribution is 2.39. The molecule has 5 N–H and O–H groups in total. The van der Waals surface area contributed by atoms with Crippen LogP contribution >= 0.6 is 11.3 Å². The first-order valence-electron chi connectivity index (χ1n) is 9.49. The van der Waals surface area contributed by atoms with Gasteiger partial charge in [0, 0.05) is 27.9 Å². The third kappa shape index (κ3) is 2.56. The Bertz CT molecular complexity index is 1270. The number of hydrogen-bond acceptors (Lipinski definition) is 6. The Morgan fingerprint density at radius 3 is 2.54 bits per heavy atom. The van der Waals surface area contributed by atoms with E-state index in [1.165, 1.54) is 22.5 Å². The van der Waals surface area contributed by atoms with E-state index in [0.717, 1.165) is 63.6 Å². The van der Waals surface area contributed by atoms with Crippen molar-refractivity contribution in [2.24, 2.45) is 0 Å². The number of aromatic nitrogens is 2. The first-order chi connectivity index (χ1) is 13.5. The van der Waals surface area contributed by atoms with E-state index in [-0.39, 0.29) is 0 Å². The summed E-state index contributed by atoms with van der Waals surface area (Å²) in [6.45, 7) is 1.80. The number of anilines is 2. The average molecular weight is 388 g/mol. The van der Waals surface area contributed by atoms with Gasteiger partial charge in [-0.3, -0.25) is 0 Å². The SMILES string of the molecule is CC(=N)c1c(N)ccc2nc(-c3ccc4nc(N)sc4c3)c3c(c12)CCCC3. The molecule has 5 nitrogen and oxygen atoms in total. The predicted molar refractivity (Wildman–Crippen MR) is 118 cm³/mol. The van der Waals surface area contributed by atoms with Gasteiger partial charge in [-0.2, -0.15) is 0 Å². The lowest BCUT2D eigenvalue weighted by atomic mass is 9.84. The third-order valence-corrected chi connectivity index (χ3v) is 6.40. The van der Waals surface area contributed by atoms with Gasteiger partial charge in [-0.15, -0.1) is 0 Å². The third-order valence-electron chi connectivity index (χ3n) is 5.56. The van der Waals surface area contributed by atoms with Gasteiger partial charge in [-0.05, 0) is 68.0 Å². The highest BCUT2D eigenvalue weighted by atomic mass is 32.1. The molecule has 4 aromatic rings. The quantitative estimate of drug-likeness (QED) is 0.335. The molecule has 6 heteroatoms. The normalized spacial score (nSPS) is 13.8. The maximum atomic E-state index is 8.26. The van der Waals surface area contributed by atoms with Crippen LogP contribution in [0, 0.1) is 5.41 Å². The minimum atomic E-state index is 0.493. The van der Waals surface area contributed by atoms with Crippen molar-refractivity contribution in [3.8, 4) is 11.3 Å². The number of nitrogen functional groups attached to an aromatic ring is 2. The van der Waals surface area contributed by atoms with Gasteiger partial charge < -0.3 is 16.9 Å². The van der Waals surface area contributed by atoms with Crippen molar-refractivity contribution < 1.29 is 0 Å². The number of nitrogens with two attached hydrogens (primary N) is 2. The zero-order valence-corrected chi connectivity index (χ0v) is 16.5. The van der Waals surface area contributed by atoms with Crippen LogP contribution in [0.15, 0.2) is 30.3 Å². The van der Waals surface area contributed by atoms with Gasteiger partial charge in [0.05, 0.1) is 21.4 Å². The van der Waals surface area contributed by atoms with Gasteiger partial charge in [0.25, 0.3) is 0 Å². The number of nitrogens with zero attached hydrogens (tertiary/aromatic N) is 2. The first-order valence-corrected chi connectivity index (χ1v) is 10.3. The summed E-state index contributed by atoms with van der Waals surface area (Å²) in [5, 5.41) is 9.91. The largest absolute Gasteiger partial charge is 0.398 e. The van der Waals surface area contributed by atoms with Crippen molar-refractivity contribution in [1.82, 2.24) is 9.97 Å². The number of nitrogens with one attached hydrogen (secondary N) is 1. The van der Waals surface area contributed by atoms with Crippen molar-refractivity contribution in [2.45, 2.75) is 32.6 Å². The molecule has 1 aliphatic rings. The highest BCUT2D eigenvalue weighted by Gasteiger charge is 2.22. The number of thiazole rings is 1. The van der Waals surface area contributed by atoms with Crippen LogP contribution < -0.4 is 11.5 Å². The van der Waals surface area contributed by atoms with Gasteiger partial charge in [-0.1, -0.05) is 17.4 Å². The second-order valence-electron chi connectivity index (χ2n) is 7.41. The topological polar surface area (TPSA) is 102 Å². The summed E-state index contributed by atoms with van der Waals surface area (Å²) >= 11 is 1.50. The zero-order valence-electron chi connectivity index (χ0n) is 15.7. The summed E-state index contributed by atoms with van der Waals surface area (Å²) in [6, 6.07) is 10.1. The van der Waals surface area contributed by atoms with Gasteiger partial charge >= 0.3 is 0 Å². The molecule has 2 aromatic carbocycles. The Hall–Kier alpha value is -2.99.